The van der Waals surface area contributed by atoms with Crippen LogP contribution < -0.4 is 19.1 Å². The molecule has 0 aliphatic carbocycles. The van der Waals surface area contributed by atoms with Crippen LogP contribution in [0.4, 0.5) is 11.4 Å². The lowest BCUT2D eigenvalue weighted by Gasteiger charge is -2.27. The van der Waals surface area contributed by atoms with E-state index in [-0.39, 0.29) is 22.4 Å². The van der Waals surface area contributed by atoms with Gasteiger partial charge in [0.25, 0.3) is 10.0 Å². The third-order valence-electron chi connectivity index (χ3n) is 4.80. The molecule has 1 aliphatic rings. The molecule has 2 aromatic carbocycles. The SMILES string of the molecule is CCCN1C(=O)C(C)(C)COc2cc(NS(=O)(=O)c3ccc(OC)c(Cl)c3)ccc21. The molecule has 1 amide bonds. The molecule has 1 heterocycles. The first kappa shape index (κ1) is 22.2. The highest BCUT2D eigenvalue weighted by Gasteiger charge is 2.37. The molecule has 0 saturated carbocycles. The summed E-state index contributed by atoms with van der Waals surface area (Å²) in [5, 5.41) is 0.196. The maximum absolute atomic E-state index is 12.9. The largest absolute Gasteiger partial charge is 0.495 e. The van der Waals surface area contributed by atoms with Crippen LogP contribution in [0.2, 0.25) is 5.02 Å². The third kappa shape index (κ3) is 4.34. The normalized spacial score (nSPS) is 15.8. The van der Waals surface area contributed by atoms with Gasteiger partial charge in [-0.05, 0) is 50.6 Å². The Bertz CT molecular complexity index is 1070. The molecule has 0 fully saturated rings. The summed E-state index contributed by atoms with van der Waals surface area (Å²) >= 11 is 6.06. The molecule has 30 heavy (non-hydrogen) atoms. The first-order valence-electron chi connectivity index (χ1n) is 9.54. The van der Waals surface area contributed by atoms with E-state index in [2.05, 4.69) is 4.72 Å². The van der Waals surface area contributed by atoms with E-state index in [1.165, 1.54) is 25.3 Å². The Balaban J connectivity index is 1.94. The van der Waals surface area contributed by atoms with Gasteiger partial charge < -0.3 is 14.4 Å². The van der Waals surface area contributed by atoms with E-state index in [9.17, 15) is 13.2 Å². The number of fused-ring (bicyclic) bond motifs is 1. The quantitative estimate of drug-likeness (QED) is 0.705. The van der Waals surface area contributed by atoms with Crippen molar-refractivity contribution in [3.8, 4) is 11.5 Å². The fourth-order valence-corrected chi connectivity index (χ4v) is 4.58. The summed E-state index contributed by atoms with van der Waals surface area (Å²) in [5.74, 6) is 0.817. The minimum Gasteiger partial charge on any atom is -0.495 e. The summed E-state index contributed by atoms with van der Waals surface area (Å²) in [6.07, 6.45) is 0.786. The van der Waals surface area contributed by atoms with E-state index in [0.29, 0.717) is 29.4 Å². The van der Waals surface area contributed by atoms with Crippen molar-refractivity contribution in [1.29, 1.82) is 0 Å². The molecule has 0 unspecified atom stereocenters. The van der Waals surface area contributed by atoms with Crippen molar-refractivity contribution in [3.05, 3.63) is 41.4 Å². The fourth-order valence-electron chi connectivity index (χ4n) is 3.18. The van der Waals surface area contributed by atoms with E-state index < -0.39 is 15.4 Å². The third-order valence-corrected chi connectivity index (χ3v) is 6.47. The summed E-state index contributed by atoms with van der Waals surface area (Å²) < 4.78 is 39.1. The fraction of sp³-hybridized carbons (Fsp3) is 0.381. The maximum atomic E-state index is 12.9. The number of carbonyl (C=O) groups excluding carboxylic acids is 1. The second-order valence-electron chi connectivity index (χ2n) is 7.71. The van der Waals surface area contributed by atoms with Crippen molar-refractivity contribution in [3.63, 3.8) is 0 Å². The van der Waals surface area contributed by atoms with Crippen molar-refractivity contribution < 1.29 is 22.7 Å². The van der Waals surface area contributed by atoms with Crippen molar-refractivity contribution in [2.24, 2.45) is 5.41 Å². The molecule has 7 nitrogen and oxygen atoms in total. The molecule has 1 aliphatic heterocycles. The number of methoxy groups -OCH3 is 1. The Morgan fingerprint density at radius 1 is 1.23 bits per heavy atom. The summed E-state index contributed by atoms with van der Waals surface area (Å²) in [5.41, 5.74) is 0.264. The van der Waals surface area contributed by atoms with Crippen LogP contribution in [0.5, 0.6) is 11.5 Å². The standard InChI is InChI=1S/C21H25ClN2O5S/c1-5-10-24-17-8-6-14(11-19(17)29-13-21(2,3)20(24)25)23-30(26,27)15-7-9-18(28-4)16(22)12-15/h6-9,11-12,23H,5,10,13H2,1-4H3. The molecule has 0 atom stereocenters. The Morgan fingerprint density at radius 2 is 1.97 bits per heavy atom. The number of halogens is 1. The van der Waals surface area contributed by atoms with Crippen LogP contribution in [0.3, 0.4) is 0 Å². The molecule has 0 spiro atoms. The van der Waals surface area contributed by atoms with Gasteiger partial charge in [0, 0.05) is 12.6 Å². The number of hydrogen-bond acceptors (Lipinski definition) is 5. The summed E-state index contributed by atoms with van der Waals surface area (Å²) in [7, 11) is -2.42. The molecular formula is C21H25ClN2O5S. The minimum absolute atomic E-state index is 0.00748. The zero-order chi connectivity index (χ0) is 22.1. The molecule has 0 aromatic heterocycles. The van der Waals surface area contributed by atoms with Crippen molar-refractivity contribution in [1.82, 2.24) is 0 Å². The monoisotopic (exact) mass is 452 g/mol. The molecule has 2 aromatic rings. The van der Waals surface area contributed by atoms with Crippen molar-refractivity contribution in [2.45, 2.75) is 32.1 Å². The minimum atomic E-state index is -3.88. The summed E-state index contributed by atoms with van der Waals surface area (Å²) in [4.78, 5) is 14.6. The molecule has 9 heteroatoms. The number of rotatable bonds is 6. The Labute approximate surface area is 182 Å². The number of sulfonamides is 1. The highest BCUT2D eigenvalue weighted by Crippen LogP contribution is 2.38. The topological polar surface area (TPSA) is 84.9 Å². The van der Waals surface area contributed by atoms with Crippen LogP contribution in [0.15, 0.2) is 41.3 Å². The van der Waals surface area contributed by atoms with Gasteiger partial charge in [0.05, 0.1) is 33.8 Å². The number of anilines is 2. The average molecular weight is 453 g/mol. The van der Waals surface area contributed by atoms with Gasteiger partial charge in [0.1, 0.15) is 18.1 Å². The maximum Gasteiger partial charge on any atom is 0.261 e. The van der Waals surface area contributed by atoms with Gasteiger partial charge in [-0.15, -0.1) is 0 Å². The van der Waals surface area contributed by atoms with E-state index >= 15 is 0 Å². The van der Waals surface area contributed by atoms with Gasteiger partial charge in [-0.1, -0.05) is 18.5 Å². The first-order valence-corrected chi connectivity index (χ1v) is 11.4. The lowest BCUT2D eigenvalue weighted by molar-refractivity contribution is -0.127. The number of amides is 1. The van der Waals surface area contributed by atoms with Crippen LogP contribution in [0, 0.1) is 5.41 Å². The summed E-state index contributed by atoms with van der Waals surface area (Å²) in [6.45, 7) is 6.41. The first-order chi connectivity index (χ1) is 14.1. The number of hydrogen-bond donors (Lipinski definition) is 1. The predicted molar refractivity (Wildman–Crippen MR) is 117 cm³/mol. The number of nitrogens with zero attached hydrogens (tertiary/aromatic N) is 1. The number of carbonyl (C=O) groups is 1. The van der Waals surface area contributed by atoms with Crippen LogP contribution >= 0.6 is 11.6 Å². The molecule has 162 valence electrons. The van der Waals surface area contributed by atoms with E-state index in [0.717, 1.165) is 6.42 Å². The average Bonchev–Trinajstić information content (AvgIpc) is 2.78. The lowest BCUT2D eigenvalue weighted by atomic mass is 9.93. The van der Waals surface area contributed by atoms with Crippen LogP contribution in [0.25, 0.3) is 0 Å². The second-order valence-corrected chi connectivity index (χ2v) is 9.80. The predicted octanol–water partition coefficient (Wildman–Crippen LogP) is 4.31. The molecule has 0 saturated heterocycles. The highest BCUT2D eigenvalue weighted by atomic mass is 35.5. The molecule has 0 bridgehead atoms. The Morgan fingerprint density at radius 3 is 2.60 bits per heavy atom. The lowest BCUT2D eigenvalue weighted by Crippen LogP contribution is -2.42. The Hall–Kier alpha value is -2.45. The summed E-state index contributed by atoms with van der Waals surface area (Å²) in [6, 6.07) is 9.13. The van der Waals surface area contributed by atoms with E-state index in [4.69, 9.17) is 21.1 Å². The van der Waals surface area contributed by atoms with E-state index in [1.807, 2.05) is 20.8 Å². The molecule has 3 rings (SSSR count). The van der Waals surface area contributed by atoms with Gasteiger partial charge in [0.2, 0.25) is 5.91 Å². The number of nitrogens with one attached hydrogen (secondary N) is 1. The zero-order valence-corrected chi connectivity index (χ0v) is 18.9. The van der Waals surface area contributed by atoms with Crippen LogP contribution in [0.1, 0.15) is 27.2 Å². The van der Waals surface area contributed by atoms with Gasteiger partial charge in [-0.2, -0.15) is 0 Å². The van der Waals surface area contributed by atoms with Crippen molar-refractivity contribution in [2.75, 3.05) is 29.9 Å². The number of ether oxygens (including phenoxy) is 2. The molecule has 0 radical (unpaired) electrons. The van der Waals surface area contributed by atoms with Crippen molar-refractivity contribution >= 4 is 38.9 Å². The zero-order valence-electron chi connectivity index (χ0n) is 17.4. The molecule has 1 N–H and O–H groups in total. The molecular weight excluding hydrogens is 428 g/mol. The van der Waals surface area contributed by atoms with Gasteiger partial charge in [-0.25, -0.2) is 8.42 Å². The van der Waals surface area contributed by atoms with Gasteiger partial charge in [0.15, 0.2) is 0 Å². The van der Waals surface area contributed by atoms with Crippen LogP contribution in [-0.2, 0) is 14.8 Å². The Kier molecular flexibility index (Phi) is 6.19. The van der Waals surface area contributed by atoms with Gasteiger partial charge in [-0.3, -0.25) is 9.52 Å². The second kappa shape index (κ2) is 8.35. The smallest absolute Gasteiger partial charge is 0.261 e. The highest BCUT2D eigenvalue weighted by molar-refractivity contribution is 7.92. The van der Waals surface area contributed by atoms with Crippen LogP contribution in [-0.4, -0.2) is 34.6 Å². The van der Waals surface area contributed by atoms with Gasteiger partial charge >= 0.3 is 0 Å². The number of benzene rings is 2. The van der Waals surface area contributed by atoms with E-state index in [1.54, 1.807) is 23.1 Å².